The summed E-state index contributed by atoms with van der Waals surface area (Å²) in [5.74, 6) is 0. The van der Waals surface area contributed by atoms with Crippen molar-refractivity contribution in [1.82, 2.24) is 0 Å². The van der Waals surface area contributed by atoms with Gasteiger partial charge in [0.25, 0.3) is 0 Å². The Hall–Kier alpha value is -0.460. The highest BCUT2D eigenvalue weighted by Crippen LogP contribution is 2.18. The monoisotopic (exact) mass is 149 g/mol. The number of rotatable bonds is 2. The third-order valence-corrected chi connectivity index (χ3v) is 0.894. The minimum atomic E-state index is -1.83. The average molecular weight is 149 g/mol. The summed E-state index contributed by atoms with van der Waals surface area (Å²) in [6, 6.07) is 0. The fourth-order valence-electron chi connectivity index (χ4n) is 0.0745. The summed E-state index contributed by atoms with van der Waals surface area (Å²) in [6.45, 7) is 6.25. The molecule has 0 atom stereocenters. The summed E-state index contributed by atoms with van der Waals surface area (Å²) in [4.78, 5) is 0. The Morgan fingerprint density at radius 2 is 1.56 bits per heavy atom. The minimum absolute atomic E-state index is 1.32. The van der Waals surface area contributed by atoms with Gasteiger partial charge in [-0.05, 0) is 0 Å². The van der Waals surface area contributed by atoms with Crippen molar-refractivity contribution in [3.05, 3.63) is 18.9 Å². The van der Waals surface area contributed by atoms with Gasteiger partial charge in [-0.3, -0.25) is 0 Å². The molecule has 3 nitrogen and oxygen atoms in total. The Labute approximate surface area is 55.9 Å². The molecule has 0 heterocycles. The molecule has 9 heavy (non-hydrogen) atoms. The molecule has 0 aromatic carbocycles. The molecule has 0 aliphatic carbocycles. The van der Waals surface area contributed by atoms with Gasteiger partial charge >= 0.3 is 8.25 Å². The highest BCUT2D eigenvalue weighted by molar-refractivity contribution is 7.33. The lowest BCUT2D eigenvalue weighted by atomic mass is 11.0. The van der Waals surface area contributed by atoms with Crippen LogP contribution < -0.4 is 0 Å². The van der Waals surface area contributed by atoms with Crippen molar-refractivity contribution in [1.29, 1.82) is 0 Å². The summed E-state index contributed by atoms with van der Waals surface area (Å²) < 4.78 is 18.3. The van der Waals surface area contributed by atoms with E-state index < -0.39 is 8.25 Å². The Kier molecular flexibility index (Phi) is 13.3. The molecule has 4 heteroatoms. The Bertz CT molecular complexity index is 98.8. The van der Waals surface area contributed by atoms with Crippen LogP contribution in [-0.4, -0.2) is 14.2 Å². The molecule has 0 aliphatic heterocycles. The molecule has 0 aliphatic rings. The van der Waals surface area contributed by atoms with Gasteiger partial charge in [0.05, 0.1) is 14.2 Å². The predicted octanol–water partition coefficient (Wildman–Crippen LogP) is 1.89. The first-order valence-electron chi connectivity index (χ1n) is 2.07. The zero-order chi connectivity index (χ0) is 7.70. The molecular formula is C5H10O3P+. The van der Waals surface area contributed by atoms with Crippen molar-refractivity contribution >= 4 is 8.25 Å². The maximum Gasteiger partial charge on any atom is 0.696 e. The van der Waals surface area contributed by atoms with Crippen molar-refractivity contribution < 1.29 is 13.6 Å². The van der Waals surface area contributed by atoms with Gasteiger partial charge in [0.1, 0.15) is 0 Å². The second-order valence-electron chi connectivity index (χ2n) is 0.839. The van der Waals surface area contributed by atoms with Crippen LogP contribution in [0.25, 0.3) is 0 Å². The summed E-state index contributed by atoms with van der Waals surface area (Å²) in [5.41, 5.74) is 2.25. The molecule has 0 aromatic heterocycles. The van der Waals surface area contributed by atoms with Crippen LogP contribution >= 0.6 is 8.25 Å². The third-order valence-electron chi connectivity index (χ3n) is 0.298. The van der Waals surface area contributed by atoms with Crippen LogP contribution in [0.2, 0.25) is 0 Å². The van der Waals surface area contributed by atoms with Crippen LogP contribution in [0, 0.1) is 0 Å². The molecule has 0 saturated heterocycles. The van der Waals surface area contributed by atoms with Crippen molar-refractivity contribution in [2.24, 2.45) is 0 Å². The minimum Gasteiger partial charge on any atom is -0.137 e. The number of hydrogen-bond donors (Lipinski definition) is 0. The molecule has 0 rings (SSSR count). The highest BCUT2D eigenvalue weighted by Gasteiger charge is 2.10. The maximum atomic E-state index is 9.88. The van der Waals surface area contributed by atoms with Crippen LogP contribution in [-0.2, 0) is 13.6 Å². The first-order valence-corrected chi connectivity index (χ1v) is 3.17. The van der Waals surface area contributed by atoms with Gasteiger partial charge in [-0.1, -0.05) is 13.2 Å². The van der Waals surface area contributed by atoms with Crippen molar-refractivity contribution in [3.8, 4) is 0 Å². The van der Waals surface area contributed by atoms with Gasteiger partial charge in [-0.25, -0.2) is 0 Å². The number of hydrogen-bond acceptors (Lipinski definition) is 3. The molecule has 0 spiro atoms. The Morgan fingerprint density at radius 3 is 1.56 bits per heavy atom. The highest BCUT2D eigenvalue weighted by atomic mass is 31.1. The quantitative estimate of drug-likeness (QED) is 0.444. The van der Waals surface area contributed by atoms with Gasteiger partial charge in [0, 0.05) is 4.57 Å². The topological polar surface area (TPSA) is 35.5 Å². The summed E-state index contributed by atoms with van der Waals surface area (Å²) in [5, 5.41) is 0. The smallest absolute Gasteiger partial charge is 0.137 e. The van der Waals surface area contributed by atoms with Gasteiger partial charge in [0.2, 0.25) is 0 Å². The van der Waals surface area contributed by atoms with E-state index in [0.29, 0.717) is 0 Å². The van der Waals surface area contributed by atoms with Gasteiger partial charge in [-0.15, -0.1) is 14.8 Å². The van der Waals surface area contributed by atoms with Gasteiger partial charge < -0.3 is 0 Å². The van der Waals surface area contributed by atoms with E-state index >= 15 is 0 Å². The van der Waals surface area contributed by atoms with Crippen molar-refractivity contribution in [2.75, 3.05) is 14.2 Å². The van der Waals surface area contributed by atoms with E-state index in [4.69, 9.17) is 0 Å². The van der Waals surface area contributed by atoms with E-state index in [1.165, 1.54) is 14.2 Å². The predicted molar refractivity (Wildman–Crippen MR) is 36.4 cm³/mol. The largest absolute Gasteiger partial charge is 0.696 e. The standard InChI is InChI=1S/C3H4.C2H6O3P/c1-3-2;1-4-6(3)5-2/h1-2H2;1-2H3/q;+1. The zero-order valence-corrected chi connectivity index (χ0v) is 6.48. The van der Waals surface area contributed by atoms with E-state index in [1.54, 1.807) is 0 Å². The SMILES string of the molecule is C=C=C.CO[P+](=O)OC. The molecule has 0 unspecified atom stereocenters. The molecule has 0 aromatic rings. The summed E-state index contributed by atoms with van der Waals surface area (Å²) >= 11 is 0. The van der Waals surface area contributed by atoms with Crippen LogP contribution in [0.5, 0.6) is 0 Å². The molecule has 0 saturated carbocycles. The zero-order valence-electron chi connectivity index (χ0n) is 5.59. The summed E-state index contributed by atoms with van der Waals surface area (Å²) in [7, 11) is 0.817. The first kappa shape index (κ1) is 11.4. The Balaban J connectivity index is 0. The molecule has 0 N–H and O–H groups in total. The fourth-order valence-corrected chi connectivity index (χ4v) is 0.224. The van der Waals surface area contributed by atoms with Gasteiger partial charge in [-0.2, -0.15) is 0 Å². The average Bonchev–Trinajstić information content (AvgIpc) is 1.88. The second kappa shape index (κ2) is 10.5. The fraction of sp³-hybridized carbons (Fsp3) is 0.400. The lowest BCUT2D eigenvalue weighted by Crippen LogP contribution is -1.66. The lowest BCUT2D eigenvalue weighted by molar-refractivity contribution is 0.302. The van der Waals surface area contributed by atoms with Crippen molar-refractivity contribution in [3.63, 3.8) is 0 Å². The van der Waals surface area contributed by atoms with E-state index in [2.05, 4.69) is 27.9 Å². The van der Waals surface area contributed by atoms with Gasteiger partial charge in [0.15, 0.2) is 0 Å². The van der Waals surface area contributed by atoms with E-state index in [9.17, 15) is 4.57 Å². The molecule has 0 radical (unpaired) electrons. The maximum absolute atomic E-state index is 9.88. The molecular weight excluding hydrogens is 139 g/mol. The van der Waals surface area contributed by atoms with E-state index in [0.717, 1.165) is 0 Å². The third kappa shape index (κ3) is 18.5. The molecule has 0 amide bonds. The van der Waals surface area contributed by atoms with Crippen LogP contribution in [0.1, 0.15) is 0 Å². The molecule has 52 valence electrons. The van der Waals surface area contributed by atoms with Crippen LogP contribution in [0.15, 0.2) is 18.9 Å². The van der Waals surface area contributed by atoms with Crippen LogP contribution in [0.4, 0.5) is 0 Å². The molecule has 0 fully saturated rings. The Morgan fingerprint density at radius 1 is 1.33 bits per heavy atom. The van der Waals surface area contributed by atoms with E-state index in [-0.39, 0.29) is 0 Å². The first-order chi connectivity index (χ1) is 4.22. The normalized spacial score (nSPS) is 6.44. The van der Waals surface area contributed by atoms with E-state index in [1.807, 2.05) is 0 Å². The lowest BCUT2D eigenvalue weighted by Gasteiger charge is -1.66. The summed E-state index contributed by atoms with van der Waals surface area (Å²) in [6.07, 6.45) is 0. The second-order valence-corrected chi connectivity index (χ2v) is 2.02. The van der Waals surface area contributed by atoms with Crippen molar-refractivity contribution in [2.45, 2.75) is 0 Å². The molecule has 0 bridgehead atoms. The van der Waals surface area contributed by atoms with Crippen LogP contribution in [0.3, 0.4) is 0 Å².